The molecule has 1 aromatic heterocycles. The third kappa shape index (κ3) is 2.40. The van der Waals surface area contributed by atoms with E-state index in [9.17, 15) is 0 Å². The Kier molecular flexibility index (Phi) is 3.39. The van der Waals surface area contributed by atoms with Crippen LogP contribution < -0.4 is 5.32 Å². The minimum Gasteiger partial charge on any atom is -0.325 e. The Labute approximate surface area is 152 Å². The van der Waals surface area contributed by atoms with Crippen LogP contribution in [0.5, 0.6) is 0 Å². The molecule has 0 unspecified atom stereocenters. The molecule has 0 aliphatic carbocycles. The molecule has 0 amide bonds. The third-order valence-electron chi connectivity index (χ3n) is 4.95. The fraction of sp³-hybridized carbons (Fsp3) is 0.0870. The van der Waals surface area contributed by atoms with Crippen LogP contribution in [0.15, 0.2) is 84.9 Å². The number of fused-ring (bicyclic) bond motifs is 3. The predicted octanol–water partition coefficient (Wildman–Crippen LogP) is 5.40. The molecule has 1 aliphatic heterocycles. The average molecular weight is 337 g/mol. The van der Waals surface area contributed by atoms with Gasteiger partial charge in [-0.1, -0.05) is 72.3 Å². The third-order valence-corrected chi connectivity index (χ3v) is 4.95. The van der Waals surface area contributed by atoms with Gasteiger partial charge in [0.2, 0.25) is 5.95 Å². The van der Waals surface area contributed by atoms with Crippen LogP contribution in [0.3, 0.4) is 0 Å². The number of rotatable bonds is 2. The zero-order chi connectivity index (χ0) is 17.5. The number of anilines is 1. The zero-order valence-corrected chi connectivity index (χ0v) is 14.6. The van der Waals surface area contributed by atoms with Crippen molar-refractivity contribution in [1.82, 2.24) is 9.55 Å². The molecule has 4 aromatic rings. The molecule has 0 saturated heterocycles. The van der Waals surface area contributed by atoms with Gasteiger partial charge in [0, 0.05) is 5.70 Å². The lowest BCUT2D eigenvalue weighted by Gasteiger charge is -2.26. The maximum atomic E-state index is 4.83. The maximum absolute atomic E-state index is 4.83. The standard InChI is InChI=1S/C23H19N3/c1-16-11-13-18(14-12-16)22-15-20(17-7-3-2-4-8-17)25-23-24-19-9-5-6-10-21(19)26(22)23/h2-15,22H,1H3,(H,24,25)/t22-/m1/s1. The van der Waals surface area contributed by atoms with Gasteiger partial charge >= 0.3 is 0 Å². The summed E-state index contributed by atoms with van der Waals surface area (Å²) in [5.41, 5.74) is 6.95. The topological polar surface area (TPSA) is 29.9 Å². The summed E-state index contributed by atoms with van der Waals surface area (Å²) in [5.74, 6) is 0.887. The number of aryl methyl sites for hydroxylation is 1. The molecule has 0 saturated carbocycles. The Bertz CT molecular complexity index is 1110. The second-order valence-electron chi connectivity index (χ2n) is 6.72. The minimum absolute atomic E-state index is 0.106. The largest absolute Gasteiger partial charge is 0.325 e. The van der Waals surface area contributed by atoms with E-state index in [-0.39, 0.29) is 6.04 Å². The van der Waals surface area contributed by atoms with Crippen LogP contribution in [0.1, 0.15) is 22.7 Å². The van der Waals surface area contributed by atoms with Gasteiger partial charge in [0.25, 0.3) is 0 Å². The fourth-order valence-electron chi connectivity index (χ4n) is 3.60. The van der Waals surface area contributed by atoms with Crippen molar-refractivity contribution >= 4 is 22.7 Å². The van der Waals surface area contributed by atoms with E-state index in [4.69, 9.17) is 4.98 Å². The molecule has 0 bridgehead atoms. The summed E-state index contributed by atoms with van der Waals surface area (Å²) in [6, 6.07) is 27.6. The molecule has 3 aromatic carbocycles. The predicted molar refractivity (Wildman–Crippen MR) is 107 cm³/mol. The van der Waals surface area contributed by atoms with Gasteiger partial charge in [-0.15, -0.1) is 0 Å². The summed E-state index contributed by atoms with van der Waals surface area (Å²) in [7, 11) is 0. The Morgan fingerprint density at radius 3 is 2.38 bits per heavy atom. The van der Waals surface area contributed by atoms with Gasteiger partial charge in [-0.3, -0.25) is 4.57 Å². The van der Waals surface area contributed by atoms with Crippen molar-refractivity contribution in [1.29, 1.82) is 0 Å². The second-order valence-corrected chi connectivity index (χ2v) is 6.72. The van der Waals surface area contributed by atoms with Crippen LogP contribution in [0.25, 0.3) is 16.7 Å². The van der Waals surface area contributed by atoms with Crippen LogP contribution in [-0.2, 0) is 0 Å². The zero-order valence-electron chi connectivity index (χ0n) is 14.6. The molecular formula is C23H19N3. The number of benzene rings is 3. The second kappa shape index (κ2) is 5.88. The monoisotopic (exact) mass is 337 g/mol. The van der Waals surface area contributed by atoms with E-state index in [2.05, 4.69) is 89.6 Å². The van der Waals surface area contributed by atoms with E-state index in [0.717, 1.165) is 22.7 Å². The first-order chi connectivity index (χ1) is 12.8. The summed E-state index contributed by atoms with van der Waals surface area (Å²) in [5, 5.41) is 3.53. The smallest absolute Gasteiger partial charge is 0.209 e. The molecular weight excluding hydrogens is 318 g/mol. The highest BCUT2D eigenvalue weighted by Gasteiger charge is 2.25. The lowest BCUT2D eigenvalue weighted by Crippen LogP contribution is -2.19. The molecule has 1 atom stereocenters. The Hall–Kier alpha value is -3.33. The number of aromatic nitrogens is 2. The van der Waals surface area contributed by atoms with Crippen molar-refractivity contribution in [2.75, 3.05) is 5.32 Å². The summed E-state index contributed by atoms with van der Waals surface area (Å²) < 4.78 is 2.28. The van der Waals surface area contributed by atoms with Crippen LogP contribution in [0.2, 0.25) is 0 Å². The van der Waals surface area contributed by atoms with Crippen molar-refractivity contribution < 1.29 is 0 Å². The van der Waals surface area contributed by atoms with E-state index >= 15 is 0 Å². The molecule has 1 N–H and O–H groups in total. The van der Waals surface area contributed by atoms with Gasteiger partial charge < -0.3 is 5.32 Å². The number of nitrogens with one attached hydrogen (secondary N) is 1. The lowest BCUT2D eigenvalue weighted by molar-refractivity contribution is 0.720. The summed E-state index contributed by atoms with van der Waals surface area (Å²) in [6.45, 7) is 2.12. The van der Waals surface area contributed by atoms with Crippen LogP contribution in [0.4, 0.5) is 5.95 Å². The van der Waals surface area contributed by atoms with Gasteiger partial charge in [-0.05, 0) is 36.3 Å². The summed E-state index contributed by atoms with van der Waals surface area (Å²) >= 11 is 0. The first kappa shape index (κ1) is 15.0. The SMILES string of the molecule is Cc1ccc([C@H]2C=C(c3ccccc3)Nc3nc4ccccc4n32)cc1. The Balaban J connectivity index is 1.73. The lowest BCUT2D eigenvalue weighted by atomic mass is 10.00. The molecule has 126 valence electrons. The van der Waals surface area contributed by atoms with Gasteiger partial charge in [-0.2, -0.15) is 0 Å². The molecule has 3 heteroatoms. The molecule has 0 spiro atoms. The van der Waals surface area contributed by atoms with Crippen LogP contribution >= 0.6 is 0 Å². The van der Waals surface area contributed by atoms with Crippen molar-refractivity contribution in [2.24, 2.45) is 0 Å². The molecule has 1 aliphatic rings. The van der Waals surface area contributed by atoms with Gasteiger partial charge in [0.15, 0.2) is 0 Å². The first-order valence-corrected chi connectivity index (χ1v) is 8.87. The highest BCUT2D eigenvalue weighted by Crippen LogP contribution is 2.36. The van der Waals surface area contributed by atoms with Crippen molar-refractivity contribution in [3.05, 3.63) is 102 Å². The van der Waals surface area contributed by atoms with Gasteiger partial charge in [0.1, 0.15) is 0 Å². The number of hydrogen-bond acceptors (Lipinski definition) is 2. The van der Waals surface area contributed by atoms with E-state index in [1.54, 1.807) is 0 Å². The van der Waals surface area contributed by atoms with E-state index < -0.39 is 0 Å². The highest BCUT2D eigenvalue weighted by atomic mass is 15.2. The van der Waals surface area contributed by atoms with Crippen LogP contribution in [0, 0.1) is 6.92 Å². The van der Waals surface area contributed by atoms with Crippen molar-refractivity contribution in [3.8, 4) is 0 Å². The minimum atomic E-state index is 0.106. The van der Waals surface area contributed by atoms with E-state index in [1.807, 2.05) is 12.1 Å². The van der Waals surface area contributed by atoms with Crippen LogP contribution in [-0.4, -0.2) is 9.55 Å². The average Bonchev–Trinajstić information content (AvgIpc) is 3.07. The summed E-state index contributed by atoms with van der Waals surface area (Å²) in [6.07, 6.45) is 2.29. The summed E-state index contributed by atoms with van der Waals surface area (Å²) in [4.78, 5) is 4.83. The number of hydrogen-bond donors (Lipinski definition) is 1. The quantitative estimate of drug-likeness (QED) is 0.531. The highest BCUT2D eigenvalue weighted by molar-refractivity contribution is 5.85. The molecule has 0 radical (unpaired) electrons. The van der Waals surface area contributed by atoms with Gasteiger partial charge in [-0.25, -0.2) is 4.98 Å². The molecule has 5 rings (SSSR count). The number of nitrogens with zero attached hydrogens (tertiary/aromatic N) is 2. The maximum Gasteiger partial charge on any atom is 0.209 e. The number of allylic oxidation sites excluding steroid dienone is 1. The van der Waals surface area contributed by atoms with Crippen molar-refractivity contribution in [2.45, 2.75) is 13.0 Å². The molecule has 3 nitrogen and oxygen atoms in total. The molecule has 26 heavy (non-hydrogen) atoms. The Morgan fingerprint density at radius 2 is 1.58 bits per heavy atom. The first-order valence-electron chi connectivity index (χ1n) is 8.87. The number of para-hydroxylation sites is 2. The normalized spacial score (nSPS) is 16.0. The molecule has 2 heterocycles. The van der Waals surface area contributed by atoms with Gasteiger partial charge in [0.05, 0.1) is 17.1 Å². The fourth-order valence-corrected chi connectivity index (χ4v) is 3.60. The van der Waals surface area contributed by atoms with E-state index in [0.29, 0.717) is 0 Å². The molecule has 0 fully saturated rings. The number of imidazole rings is 1. The Morgan fingerprint density at radius 1 is 0.846 bits per heavy atom. The van der Waals surface area contributed by atoms with E-state index in [1.165, 1.54) is 16.7 Å². The van der Waals surface area contributed by atoms with Crippen molar-refractivity contribution in [3.63, 3.8) is 0 Å².